The Morgan fingerprint density at radius 1 is 1.86 bits per heavy atom. The summed E-state index contributed by atoms with van der Waals surface area (Å²) in [6.07, 6.45) is 1.35. The molecule has 0 rings (SSSR count). The Bertz CT molecular complexity index is 43.0. The number of ether oxygens (including phenoxy) is 1. The Hall–Kier alpha value is 0.227. The van der Waals surface area contributed by atoms with E-state index in [-0.39, 0.29) is 20.3 Å². The average molecular weight is 96.1 g/mol. The third-order valence-electron chi connectivity index (χ3n) is 0.440. The van der Waals surface area contributed by atoms with E-state index in [0.29, 0.717) is 13.0 Å². The normalized spacial score (nSPS) is 7.00. The minimum Gasteiger partial charge on any atom is -1.00 e. The Balaban J connectivity index is -0.000000125. The fourth-order valence-electron chi connectivity index (χ4n) is 0.166. The number of hydrogen-bond acceptors (Lipinski definition) is 2. The molecule has 0 aliphatic heterocycles. The first-order valence-corrected chi connectivity index (χ1v) is 1.84. The van der Waals surface area contributed by atoms with Crippen LogP contribution in [0.25, 0.3) is 0 Å². The maximum absolute atomic E-state index is 9.48. The van der Waals surface area contributed by atoms with E-state index in [1.165, 1.54) is 0 Å². The van der Waals surface area contributed by atoms with Crippen LogP contribution in [0.2, 0.25) is 0 Å². The molecule has 0 amide bonds. The molecule has 0 saturated heterocycles. The summed E-state index contributed by atoms with van der Waals surface area (Å²) in [4.78, 5) is 9.48. The van der Waals surface area contributed by atoms with Gasteiger partial charge in [0.15, 0.2) is 0 Å². The van der Waals surface area contributed by atoms with E-state index in [4.69, 9.17) is 0 Å². The molecule has 0 saturated carbocycles. The number of methoxy groups -OCH3 is 1. The summed E-state index contributed by atoms with van der Waals surface area (Å²) < 4.78 is 4.55. The van der Waals surface area contributed by atoms with Crippen LogP contribution in [0.4, 0.5) is 0 Å². The topological polar surface area (TPSA) is 26.3 Å². The van der Waals surface area contributed by atoms with Crippen LogP contribution < -0.4 is 18.9 Å². The van der Waals surface area contributed by atoms with E-state index in [0.717, 1.165) is 6.29 Å². The van der Waals surface area contributed by atoms with Gasteiger partial charge >= 0.3 is 18.9 Å². The Kier molecular flexibility index (Phi) is 14.0. The number of rotatable bonds is 3. The van der Waals surface area contributed by atoms with Gasteiger partial charge in [-0.15, -0.1) is 0 Å². The van der Waals surface area contributed by atoms with Crippen molar-refractivity contribution in [3.63, 3.8) is 0 Å². The summed E-state index contributed by atoms with van der Waals surface area (Å²) in [5, 5.41) is 0. The molecule has 0 aromatic rings. The molecule has 0 aliphatic carbocycles. The molecule has 0 radical (unpaired) electrons. The third-order valence-corrected chi connectivity index (χ3v) is 0.440. The summed E-state index contributed by atoms with van der Waals surface area (Å²) in [5.74, 6) is 0. The zero-order valence-electron chi connectivity index (χ0n) is 5.81. The van der Waals surface area contributed by atoms with Gasteiger partial charge in [0, 0.05) is 13.5 Å². The zero-order valence-corrected chi connectivity index (χ0v) is 4.81. The molecule has 0 aliphatic rings. The molecule has 2 nitrogen and oxygen atoms in total. The van der Waals surface area contributed by atoms with E-state index >= 15 is 0 Å². The average Bonchev–Trinajstić information content (AvgIpc) is 1.61. The van der Waals surface area contributed by atoms with Crippen molar-refractivity contribution in [1.29, 1.82) is 0 Å². The van der Waals surface area contributed by atoms with Gasteiger partial charge < -0.3 is 11.0 Å². The molecule has 0 spiro atoms. The van der Waals surface area contributed by atoms with Gasteiger partial charge in [-0.2, -0.15) is 0 Å². The van der Waals surface area contributed by atoms with Gasteiger partial charge in [-0.3, -0.25) is 0 Å². The van der Waals surface area contributed by atoms with E-state index in [2.05, 4.69) is 4.74 Å². The van der Waals surface area contributed by atoms with Crippen molar-refractivity contribution in [2.24, 2.45) is 0 Å². The second-order valence-corrected chi connectivity index (χ2v) is 0.948. The molecule has 38 valence electrons. The van der Waals surface area contributed by atoms with Gasteiger partial charge in [-0.25, -0.2) is 0 Å². The summed E-state index contributed by atoms with van der Waals surface area (Å²) in [7, 11) is 1.57. The molecule has 0 N–H and O–H groups in total. The van der Waals surface area contributed by atoms with Gasteiger partial charge in [0.1, 0.15) is 6.29 Å². The first-order valence-electron chi connectivity index (χ1n) is 1.84. The SMILES string of the molecule is COCCC=O.[H-].[Li+]. The molecular weight excluding hydrogens is 87.0 g/mol. The first kappa shape index (κ1) is 10.3. The predicted octanol–water partition coefficient (Wildman–Crippen LogP) is -2.66. The molecular formula is C4H9LiO2. The third kappa shape index (κ3) is 10.7. The van der Waals surface area contributed by atoms with Crippen LogP contribution in [-0.2, 0) is 9.53 Å². The predicted molar refractivity (Wildman–Crippen MR) is 23.7 cm³/mol. The van der Waals surface area contributed by atoms with E-state index < -0.39 is 0 Å². The van der Waals surface area contributed by atoms with Crippen LogP contribution in [-0.4, -0.2) is 20.0 Å². The van der Waals surface area contributed by atoms with Crippen molar-refractivity contribution < 1.29 is 29.8 Å². The molecule has 7 heavy (non-hydrogen) atoms. The van der Waals surface area contributed by atoms with Crippen LogP contribution in [0, 0.1) is 0 Å². The van der Waals surface area contributed by atoms with Crippen molar-refractivity contribution in [2.45, 2.75) is 6.42 Å². The summed E-state index contributed by atoms with van der Waals surface area (Å²) >= 11 is 0. The van der Waals surface area contributed by atoms with E-state index in [9.17, 15) is 4.79 Å². The summed E-state index contributed by atoms with van der Waals surface area (Å²) in [6.45, 7) is 0.545. The van der Waals surface area contributed by atoms with Gasteiger partial charge in [0.25, 0.3) is 0 Å². The monoisotopic (exact) mass is 96.1 g/mol. The summed E-state index contributed by atoms with van der Waals surface area (Å²) in [6, 6.07) is 0. The zero-order chi connectivity index (χ0) is 4.83. The fraction of sp³-hybridized carbons (Fsp3) is 0.750. The molecule has 0 aromatic carbocycles. The second-order valence-electron chi connectivity index (χ2n) is 0.948. The summed E-state index contributed by atoms with van der Waals surface area (Å²) in [5.41, 5.74) is 0. The molecule has 0 unspecified atom stereocenters. The smallest absolute Gasteiger partial charge is 1.00 e. The van der Waals surface area contributed by atoms with Gasteiger partial charge in [-0.1, -0.05) is 0 Å². The van der Waals surface area contributed by atoms with Crippen molar-refractivity contribution >= 4 is 6.29 Å². The number of hydrogen-bond donors (Lipinski definition) is 0. The van der Waals surface area contributed by atoms with Crippen LogP contribution in [0.3, 0.4) is 0 Å². The van der Waals surface area contributed by atoms with Crippen LogP contribution in [0.5, 0.6) is 0 Å². The van der Waals surface area contributed by atoms with Crippen molar-refractivity contribution in [3.05, 3.63) is 0 Å². The van der Waals surface area contributed by atoms with Gasteiger partial charge in [-0.05, 0) is 0 Å². The van der Waals surface area contributed by atoms with Gasteiger partial charge in [0.05, 0.1) is 6.61 Å². The molecule has 0 fully saturated rings. The van der Waals surface area contributed by atoms with Crippen LogP contribution in [0.1, 0.15) is 7.85 Å². The maximum Gasteiger partial charge on any atom is 1.00 e. The Morgan fingerprint density at radius 2 is 2.43 bits per heavy atom. The van der Waals surface area contributed by atoms with Crippen molar-refractivity contribution in [1.82, 2.24) is 0 Å². The standard InChI is InChI=1S/C4H8O2.Li.H/c1-6-4-2-3-5;;/h3H,2,4H2,1H3;;/q;+1;-1. The van der Waals surface area contributed by atoms with Crippen LogP contribution in [0.15, 0.2) is 0 Å². The second kappa shape index (κ2) is 9.52. The minimum atomic E-state index is 0. The fourth-order valence-corrected chi connectivity index (χ4v) is 0.166. The number of carbonyl (C=O) groups excluding carboxylic acids is 1. The number of aldehydes is 1. The van der Waals surface area contributed by atoms with Gasteiger partial charge in [0.2, 0.25) is 0 Å². The van der Waals surface area contributed by atoms with E-state index in [1.54, 1.807) is 7.11 Å². The number of carbonyl (C=O) groups is 1. The maximum atomic E-state index is 9.48. The molecule has 0 atom stereocenters. The van der Waals surface area contributed by atoms with Crippen molar-refractivity contribution in [2.75, 3.05) is 13.7 Å². The molecule has 3 heteroatoms. The minimum absolute atomic E-state index is 0. The molecule has 0 heterocycles. The van der Waals surface area contributed by atoms with Crippen LogP contribution >= 0.6 is 0 Å². The largest absolute Gasteiger partial charge is 1.00 e. The Labute approximate surface area is 56.9 Å². The molecule has 0 bridgehead atoms. The first-order chi connectivity index (χ1) is 2.91. The molecule has 0 aromatic heterocycles. The van der Waals surface area contributed by atoms with Crippen molar-refractivity contribution in [3.8, 4) is 0 Å². The quantitative estimate of drug-likeness (QED) is 0.218. The Morgan fingerprint density at radius 3 is 2.57 bits per heavy atom. The van der Waals surface area contributed by atoms with E-state index in [1.807, 2.05) is 0 Å².